The van der Waals surface area contributed by atoms with E-state index in [1.54, 1.807) is 0 Å². The Bertz CT molecular complexity index is 756. The molecule has 2 aliphatic rings. The number of aromatic amines is 1. The summed E-state index contributed by atoms with van der Waals surface area (Å²) >= 11 is 0. The lowest BCUT2D eigenvalue weighted by Gasteiger charge is -2.37. The maximum atomic E-state index is 12.7. The van der Waals surface area contributed by atoms with Gasteiger partial charge in [0.05, 0.1) is 5.69 Å². The van der Waals surface area contributed by atoms with Crippen molar-refractivity contribution in [3.8, 4) is 0 Å². The van der Waals surface area contributed by atoms with Crippen molar-refractivity contribution in [3.05, 3.63) is 47.2 Å². The number of hydrogen-bond acceptors (Lipinski definition) is 2. The number of piperidine rings is 1. The molecule has 0 amide bonds. The van der Waals surface area contributed by atoms with E-state index < -0.39 is 0 Å². The Balaban J connectivity index is 1.94. The van der Waals surface area contributed by atoms with Crippen LogP contribution in [0.15, 0.2) is 35.9 Å². The average Bonchev–Trinajstić information content (AvgIpc) is 2.82. The average molecular weight is 280 g/mol. The van der Waals surface area contributed by atoms with Gasteiger partial charge in [-0.15, -0.1) is 0 Å². The summed E-state index contributed by atoms with van der Waals surface area (Å²) in [5, 5.41) is 1.21. The van der Waals surface area contributed by atoms with Crippen molar-refractivity contribution in [1.29, 1.82) is 0 Å². The summed E-state index contributed by atoms with van der Waals surface area (Å²) in [5.74, 6) is 0.673. The van der Waals surface area contributed by atoms with Crippen LogP contribution in [0.25, 0.3) is 10.9 Å². The normalized spacial score (nSPS) is 27.9. The van der Waals surface area contributed by atoms with Crippen LogP contribution < -0.4 is 0 Å². The molecule has 0 spiro atoms. The Hall–Kier alpha value is -1.87. The molecule has 1 N–H and O–H groups in total. The van der Waals surface area contributed by atoms with Crippen molar-refractivity contribution in [2.75, 3.05) is 13.6 Å². The molecule has 2 aromatic rings. The van der Waals surface area contributed by atoms with Gasteiger partial charge < -0.3 is 4.98 Å². The van der Waals surface area contributed by atoms with Crippen LogP contribution in [0.1, 0.15) is 41.9 Å². The molecule has 1 fully saturated rings. The van der Waals surface area contributed by atoms with Gasteiger partial charge in [0.15, 0.2) is 5.78 Å². The van der Waals surface area contributed by atoms with Gasteiger partial charge >= 0.3 is 0 Å². The number of nitrogens with one attached hydrogen (secondary N) is 1. The van der Waals surface area contributed by atoms with Gasteiger partial charge in [0.1, 0.15) is 0 Å². The van der Waals surface area contributed by atoms with Gasteiger partial charge in [-0.3, -0.25) is 9.69 Å². The lowest BCUT2D eigenvalue weighted by atomic mass is 9.84. The van der Waals surface area contributed by atoms with Crippen molar-refractivity contribution >= 4 is 16.7 Å². The highest BCUT2D eigenvalue weighted by Crippen LogP contribution is 2.44. The van der Waals surface area contributed by atoms with Crippen molar-refractivity contribution in [3.63, 3.8) is 0 Å². The van der Waals surface area contributed by atoms with E-state index in [1.807, 2.05) is 6.07 Å². The monoisotopic (exact) mass is 280 g/mol. The number of H-pyrrole nitrogens is 1. The van der Waals surface area contributed by atoms with Crippen LogP contribution in [0.2, 0.25) is 0 Å². The highest BCUT2D eigenvalue weighted by Gasteiger charge is 2.38. The standard InChI is InChI=1S/C18H20N2O/c1-3-11-10-20(2)15-8-12(11)9-16(21)18-17(15)13-6-4-5-7-14(13)19-18/h3-7,12,15,19H,8-10H2,1-2H3/b11-3-/t12-,15+/m1/s1. The molecule has 0 unspecified atom stereocenters. The van der Waals surface area contributed by atoms with Crippen LogP contribution in [0.4, 0.5) is 0 Å². The maximum Gasteiger partial charge on any atom is 0.179 e. The van der Waals surface area contributed by atoms with E-state index in [0.717, 1.165) is 24.2 Å². The minimum absolute atomic E-state index is 0.267. The van der Waals surface area contributed by atoms with E-state index >= 15 is 0 Å². The smallest absolute Gasteiger partial charge is 0.179 e. The molecule has 1 aliphatic heterocycles. The quantitative estimate of drug-likeness (QED) is 0.747. The highest BCUT2D eigenvalue weighted by atomic mass is 16.1. The van der Waals surface area contributed by atoms with Gasteiger partial charge in [0.25, 0.3) is 0 Å². The molecule has 0 saturated carbocycles. The highest BCUT2D eigenvalue weighted by molar-refractivity contribution is 6.03. The summed E-state index contributed by atoms with van der Waals surface area (Å²) in [7, 11) is 2.17. The maximum absolute atomic E-state index is 12.7. The van der Waals surface area contributed by atoms with Gasteiger partial charge in [0.2, 0.25) is 0 Å². The minimum atomic E-state index is 0.267. The zero-order valence-electron chi connectivity index (χ0n) is 12.5. The number of ketones is 1. The fourth-order valence-electron chi connectivity index (χ4n) is 4.06. The number of carbonyl (C=O) groups excluding carboxylic acids is 1. The third kappa shape index (κ3) is 1.80. The Morgan fingerprint density at radius 1 is 1.33 bits per heavy atom. The first-order chi connectivity index (χ1) is 10.2. The molecule has 2 atom stereocenters. The van der Waals surface area contributed by atoms with E-state index in [9.17, 15) is 4.79 Å². The molecule has 108 valence electrons. The molecule has 1 aromatic carbocycles. The van der Waals surface area contributed by atoms with Crippen molar-refractivity contribution in [1.82, 2.24) is 9.88 Å². The second-order valence-electron chi connectivity index (χ2n) is 6.31. The summed E-state index contributed by atoms with van der Waals surface area (Å²) in [4.78, 5) is 18.5. The largest absolute Gasteiger partial charge is 0.352 e. The summed E-state index contributed by atoms with van der Waals surface area (Å²) in [5.41, 5.74) is 4.56. The number of carbonyl (C=O) groups is 1. The van der Waals surface area contributed by atoms with Crippen LogP contribution in [0.3, 0.4) is 0 Å². The number of para-hydroxylation sites is 1. The predicted octanol–water partition coefficient (Wildman–Crippen LogP) is 3.69. The molecule has 3 heteroatoms. The molecule has 2 heterocycles. The number of rotatable bonds is 0. The zero-order chi connectivity index (χ0) is 14.6. The summed E-state index contributed by atoms with van der Waals surface area (Å²) in [6, 6.07) is 8.63. The lowest BCUT2D eigenvalue weighted by molar-refractivity contribution is 0.0956. The topological polar surface area (TPSA) is 36.1 Å². The molecule has 1 aliphatic carbocycles. The van der Waals surface area contributed by atoms with E-state index in [4.69, 9.17) is 0 Å². The molecular formula is C18H20N2O. The van der Waals surface area contributed by atoms with Gasteiger partial charge in [-0.05, 0) is 32.4 Å². The number of fused-ring (bicyclic) bond motifs is 6. The van der Waals surface area contributed by atoms with Gasteiger partial charge in [-0.2, -0.15) is 0 Å². The number of likely N-dealkylation sites (N-methyl/N-ethyl adjacent to an activating group) is 1. The second kappa shape index (κ2) is 4.57. The number of likely N-dealkylation sites (tertiary alicyclic amines) is 1. The molecule has 21 heavy (non-hydrogen) atoms. The van der Waals surface area contributed by atoms with E-state index in [0.29, 0.717) is 18.4 Å². The van der Waals surface area contributed by atoms with Crippen LogP contribution >= 0.6 is 0 Å². The number of hydrogen-bond donors (Lipinski definition) is 1. The van der Waals surface area contributed by atoms with Crippen LogP contribution in [0.5, 0.6) is 0 Å². The molecule has 0 radical (unpaired) electrons. The first-order valence-corrected chi connectivity index (χ1v) is 7.68. The number of nitrogens with zero attached hydrogens (tertiary/aromatic N) is 1. The van der Waals surface area contributed by atoms with Crippen molar-refractivity contribution in [2.24, 2.45) is 5.92 Å². The zero-order valence-corrected chi connectivity index (χ0v) is 12.5. The summed E-state index contributed by atoms with van der Waals surface area (Å²) in [6.45, 7) is 3.06. The Morgan fingerprint density at radius 3 is 2.95 bits per heavy atom. The Labute approximate surface area is 124 Å². The second-order valence-corrected chi connectivity index (χ2v) is 6.31. The number of aromatic nitrogens is 1. The minimum Gasteiger partial charge on any atom is -0.352 e. The molecule has 1 aromatic heterocycles. The SMILES string of the molecule is C/C=C1/CN(C)[C@H]2C[C@@H]1CC(=O)c1[nH]c3ccccc3c12. The first-order valence-electron chi connectivity index (χ1n) is 7.68. The first kappa shape index (κ1) is 12.8. The molecular weight excluding hydrogens is 260 g/mol. The van der Waals surface area contributed by atoms with E-state index in [-0.39, 0.29) is 5.78 Å². The van der Waals surface area contributed by atoms with Gasteiger partial charge in [-0.1, -0.05) is 29.8 Å². The molecule has 1 saturated heterocycles. The van der Waals surface area contributed by atoms with Crippen LogP contribution in [-0.2, 0) is 0 Å². The number of Topliss-reactive ketones (excluding diaryl/α,β-unsaturated/α-hetero) is 1. The van der Waals surface area contributed by atoms with Gasteiger partial charge in [-0.25, -0.2) is 0 Å². The predicted molar refractivity (Wildman–Crippen MR) is 84.5 cm³/mol. The van der Waals surface area contributed by atoms with Crippen LogP contribution in [-0.4, -0.2) is 29.3 Å². The number of allylic oxidation sites excluding steroid dienone is 1. The fraction of sp³-hybridized carbons (Fsp3) is 0.389. The van der Waals surface area contributed by atoms with E-state index in [2.05, 4.69) is 48.1 Å². The van der Waals surface area contributed by atoms with Crippen molar-refractivity contribution in [2.45, 2.75) is 25.8 Å². The fourth-order valence-corrected chi connectivity index (χ4v) is 4.06. The Kier molecular flexibility index (Phi) is 2.79. The molecule has 2 bridgehead atoms. The molecule has 3 nitrogen and oxygen atoms in total. The number of benzene rings is 1. The van der Waals surface area contributed by atoms with Crippen LogP contribution in [0, 0.1) is 5.92 Å². The third-order valence-corrected chi connectivity index (χ3v) is 5.16. The lowest BCUT2D eigenvalue weighted by Crippen LogP contribution is -2.34. The summed E-state index contributed by atoms with van der Waals surface area (Å²) in [6.07, 6.45) is 3.89. The van der Waals surface area contributed by atoms with Crippen molar-refractivity contribution < 1.29 is 4.79 Å². The van der Waals surface area contributed by atoms with E-state index in [1.165, 1.54) is 16.5 Å². The third-order valence-electron chi connectivity index (χ3n) is 5.16. The van der Waals surface area contributed by atoms with Gasteiger partial charge in [0, 0.05) is 35.5 Å². The summed E-state index contributed by atoms with van der Waals surface area (Å²) < 4.78 is 0. The molecule has 4 rings (SSSR count). The Morgan fingerprint density at radius 2 is 2.14 bits per heavy atom.